The number of amides is 2. The van der Waals surface area contributed by atoms with Crippen LogP contribution in [0.1, 0.15) is 44.3 Å². The number of nitrogens with one attached hydrogen (secondary N) is 1. The number of fused-ring (bicyclic) bond motifs is 1. The molecular formula is C27H28ClN3O3. The molecule has 3 aromatic rings. The Balaban J connectivity index is 1.59. The molecule has 0 saturated carbocycles. The van der Waals surface area contributed by atoms with Crippen LogP contribution in [0.2, 0.25) is 5.02 Å². The predicted molar refractivity (Wildman–Crippen MR) is 136 cm³/mol. The van der Waals surface area contributed by atoms with Gasteiger partial charge >= 0.3 is 0 Å². The Kier molecular flexibility index (Phi) is 6.91. The van der Waals surface area contributed by atoms with Gasteiger partial charge in [-0.3, -0.25) is 9.59 Å². The van der Waals surface area contributed by atoms with Crippen LogP contribution in [0, 0.1) is 6.92 Å². The van der Waals surface area contributed by atoms with Gasteiger partial charge in [0, 0.05) is 29.5 Å². The van der Waals surface area contributed by atoms with Gasteiger partial charge in [-0.2, -0.15) is 0 Å². The minimum Gasteiger partial charge on any atom is -0.497 e. The van der Waals surface area contributed by atoms with E-state index in [4.69, 9.17) is 16.3 Å². The van der Waals surface area contributed by atoms with E-state index in [1.807, 2.05) is 57.4 Å². The number of carbonyl (C=O) groups is 2. The lowest BCUT2D eigenvalue weighted by Gasteiger charge is -2.37. The molecule has 7 heteroatoms. The van der Waals surface area contributed by atoms with Crippen LogP contribution in [0.5, 0.6) is 5.75 Å². The largest absolute Gasteiger partial charge is 0.497 e. The molecule has 0 spiro atoms. The van der Waals surface area contributed by atoms with Crippen molar-refractivity contribution in [2.75, 3.05) is 38.0 Å². The summed E-state index contributed by atoms with van der Waals surface area (Å²) in [7, 11) is 5.70. The van der Waals surface area contributed by atoms with Crippen molar-refractivity contribution in [1.29, 1.82) is 0 Å². The summed E-state index contributed by atoms with van der Waals surface area (Å²) in [5.74, 6) is 0.360. The smallest absolute Gasteiger partial charge is 0.259 e. The quantitative estimate of drug-likeness (QED) is 0.522. The van der Waals surface area contributed by atoms with Gasteiger partial charge in [0.25, 0.3) is 11.8 Å². The molecule has 0 fully saturated rings. The first kappa shape index (κ1) is 23.8. The Bertz CT molecular complexity index is 1240. The van der Waals surface area contributed by atoms with Crippen LogP contribution in [0.25, 0.3) is 0 Å². The van der Waals surface area contributed by atoms with Gasteiger partial charge in [-0.1, -0.05) is 29.8 Å². The normalized spacial score (nSPS) is 15.1. The molecule has 0 radical (unpaired) electrons. The summed E-state index contributed by atoms with van der Waals surface area (Å²) >= 11 is 6.53. The zero-order valence-electron chi connectivity index (χ0n) is 19.8. The van der Waals surface area contributed by atoms with Crippen molar-refractivity contribution in [2.24, 2.45) is 0 Å². The molecule has 1 heterocycles. The Labute approximate surface area is 205 Å². The maximum atomic E-state index is 13.5. The minimum absolute atomic E-state index is 0.176. The average Bonchev–Trinajstić information content (AvgIpc) is 2.82. The van der Waals surface area contributed by atoms with Crippen LogP contribution in [-0.4, -0.2) is 44.5 Å². The molecule has 4 rings (SSSR count). The highest BCUT2D eigenvalue weighted by atomic mass is 35.5. The third kappa shape index (κ3) is 4.65. The van der Waals surface area contributed by atoms with Crippen LogP contribution in [-0.2, 0) is 0 Å². The van der Waals surface area contributed by atoms with Crippen LogP contribution in [0.15, 0.2) is 60.7 Å². The van der Waals surface area contributed by atoms with E-state index >= 15 is 0 Å². The molecule has 34 heavy (non-hydrogen) atoms. The second kappa shape index (κ2) is 9.87. The number of carbonyl (C=O) groups excluding carboxylic acids is 2. The second-order valence-electron chi connectivity index (χ2n) is 8.61. The third-order valence-corrected chi connectivity index (χ3v) is 6.54. The summed E-state index contributed by atoms with van der Waals surface area (Å²) in [6.45, 7) is 2.46. The maximum Gasteiger partial charge on any atom is 0.259 e. The highest BCUT2D eigenvalue weighted by Crippen LogP contribution is 2.39. The zero-order valence-corrected chi connectivity index (χ0v) is 20.5. The Morgan fingerprint density at radius 1 is 1.06 bits per heavy atom. The first-order chi connectivity index (χ1) is 16.3. The number of ether oxygens (including phenoxy) is 1. The minimum atomic E-state index is -0.220. The number of rotatable bonds is 5. The number of hydrogen-bond acceptors (Lipinski definition) is 4. The van der Waals surface area contributed by atoms with E-state index in [1.54, 1.807) is 36.3 Å². The highest BCUT2D eigenvalue weighted by Gasteiger charge is 2.31. The lowest BCUT2D eigenvalue weighted by atomic mass is 9.94. The highest BCUT2D eigenvalue weighted by molar-refractivity contribution is 6.35. The van der Waals surface area contributed by atoms with Crippen molar-refractivity contribution in [3.8, 4) is 5.75 Å². The van der Waals surface area contributed by atoms with Crippen molar-refractivity contribution in [3.63, 3.8) is 0 Å². The second-order valence-corrected chi connectivity index (χ2v) is 9.02. The van der Waals surface area contributed by atoms with E-state index in [0.717, 1.165) is 29.0 Å². The maximum absolute atomic E-state index is 13.5. The van der Waals surface area contributed by atoms with Crippen LogP contribution >= 0.6 is 11.6 Å². The SMILES string of the molecule is COc1ccc2c(c1)C(N(C)C)CCN2C(=O)c1ccc(NC(=O)c2ccccc2C)cc1Cl. The van der Waals surface area contributed by atoms with E-state index in [2.05, 4.69) is 10.2 Å². The van der Waals surface area contributed by atoms with Gasteiger partial charge in [-0.25, -0.2) is 0 Å². The van der Waals surface area contributed by atoms with Crippen LogP contribution in [0.4, 0.5) is 11.4 Å². The summed E-state index contributed by atoms with van der Waals surface area (Å²) in [6, 6.07) is 18.3. The number of anilines is 2. The zero-order chi connectivity index (χ0) is 24.4. The fourth-order valence-corrected chi connectivity index (χ4v) is 4.65. The van der Waals surface area contributed by atoms with Gasteiger partial charge in [-0.15, -0.1) is 0 Å². The topological polar surface area (TPSA) is 61.9 Å². The van der Waals surface area contributed by atoms with Crippen LogP contribution < -0.4 is 15.0 Å². The lowest BCUT2D eigenvalue weighted by Crippen LogP contribution is -2.39. The first-order valence-electron chi connectivity index (χ1n) is 11.1. The van der Waals surface area contributed by atoms with E-state index in [1.165, 1.54) is 0 Å². The average molecular weight is 478 g/mol. The van der Waals surface area contributed by atoms with Crippen molar-refractivity contribution in [1.82, 2.24) is 4.90 Å². The Hall–Kier alpha value is -3.35. The number of hydrogen-bond donors (Lipinski definition) is 1. The van der Waals surface area contributed by atoms with Gasteiger partial charge in [0.1, 0.15) is 5.75 Å². The van der Waals surface area contributed by atoms with E-state index in [0.29, 0.717) is 23.4 Å². The summed E-state index contributed by atoms with van der Waals surface area (Å²) in [5.41, 5.74) is 4.29. The molecule has 0 aliphatic carbocycles. The number of benzene rings is 3. The molecule has 1 aliphatic heterocycles. The number of methoxy groups -OCH3 is 1. The Morgan fingerprint density at radius 2 is 1.82 bits per heavy atom. The molecule has 0 aromatic heterocycles. The number of halogens is 1. The van der Waals surface area contributed by atoms with Crippen molar-refractivity contribution in [2.45, 2.75) is 19.4 Å². The summed E-state index contributed by atoms with van der Waals surface area (Å²) in [6.07, 6.45) is 0.793. The first-order valence-corrected chi connectivity index (χ1v) is 11.5. The third-order valence-electron chi connectivity index (χ3n) is 6.23. The fourth-order valence-electron chi connectivity index (χ4n) is 4.38. The van der Waals surface area contributed by atoms with Gasteiger partial charge in [0.05, 0.1) is 17.7 Å². The van der Waals surface area contributed by atoms with Gasteiger partial charge in [-0.05, 0) is 81.0 Å². The fraction of sp³-hybridized carbons (Fsp3) is 0.259. The standard InChI is InChI=1S/C27H28ClN3O3/c1-17-7-5-6-8-20(17)26(32)29-18-9-11-21(23(28)15-18)27(33)31-14-13-24(30(2)3)22-16-19(34-4)10-12-25(22)31/h5-12,15-16,24H,13-14H2,1-4H3,(H,29,32). The Morgan fingerprint density at radius 3 is 2.50 bits per heavy atom. The summed E-state index contributed by atoms with van der Waals surface area (Å²) < 4.78 is 5.41. The molecule has 6 nitrogen and oxygen atoms in total. The van der Waals surface area contributed by atoms with E-state index in [9.17, 15) is 9.59 Å². The number of aryl methyl sites for hydroxylation is 1. The molecule has 176 valence electrons. The van der Waals surface area contributed by atoms with Gasteiger partial charge in [0.2, 0.25) is 0 Å². The molecule has 3 aromatic carbocycles. The predicted octanol–water partition coefficient (Wildman–Crippen LogP) is 5.56. The lowest BCUT2D eigenvalue weighted by molar-refractivity contribution is 0.0979. The molecule has 0 bridgehead atoms. The summed E-state index contributed by atoms with van der Waals surface area (Å²) in [4.78, 5) is 30.1. The summed E-state index contributed by atoms with van der Waals surface area (Å²) in [5, 5.41) is 3.15. The van der Waals surface area contributed by atoms with E-state index < -0.39 is 0 Å². The molecule has 1 aliphatic rings. The van der Waals surface area contributed by atoms with Gasteiger partial charge < -0.3 is 19.9 Å². The molecule has 2 amide bonds. The molecule has 1 atom stereocenters. The molecule has 1 N–H and O–H groups in total. The van der Waals surface area contributed by atoms with Crippen molar-refractivity contribution < 1.29 is 14.3 Å². The monoisotopic (exact) mass is 477 g/mol. The van der Waals surface area contributed by atoms with Crippen molar-refractivity contribution in [3.05, 3.63) is 87.9 Å². The van der Waals surface area contributed by atoms with Gasteiger partial charge in [0.15, 0.2) is 0 Å². The van der Waals surface area contributed by atoms with Crippen LogP contribution in [0.3, 0.4) is 0 Å². The molecule has 0 saturated heterocycles. The number of nitrogens with zero attached hydrogens (tertiary/aromatic N) is 2. The van der Waals surface area contributed by atoms with E-state index in [-0.39, 0.29) is 22.9 Å². The molecule has 1 unspecified atom stereocenters. The van der Waals surface area contributed by atoms with Crippen molar-refractivity contribution >= 4 is 34.8 Å². The molecular weight excluding hydrogens is 450 g/mol.